The number of carbonyl (C=O) groups excluding carboxylic acids is 1. The van der Waals surface area contributed by atoms with Gasteiger partial charge in [0.2, 0.25) is 5.95 Å². The van der Waals surface area contributed by atoms with Crippen molar-refractivity contribution in [2.24, 2.45) is 11.3 Å². The summed E-state index contributed by atoms with van der Waals surface area (Å²) in [5.74, 6) is 2.22. The molecule has 1 aromatic carbocycles. The number of anilines is 2. The summed E-state index contributed by atoms with van der Waals surface area (Å²) in [6.45, 7) is 2.77. The van der Waals surface area contributed by atoms with Crippen molar-refractivity contribution < 1.29 is 9.53 Å². The molecule has 0 saturated heterocycles. The van der Waals surface area contributed by atoms with Crippen LogP contribution in [0.15, 0.2) is 24.4 Å². The second-order valence-corrected chi connectivity index (χ2v) is 10.7. The van der Waals surface area contributed by atoms with Crippen molar-refractivity contribution >= 4 is 28.7 Å². The Balaban J connectivity index is 1.34. The summed E-state index contributed by atoms with van der Waals surface area (Å²) in [4.78, 5) is 25.6. The number of nitrogens with zero attached hydrogens (tertiary/aromatic N) is 6. The molecule has 2 aliphatic carbocycles. The van der Waals surface area contributed by atoms with Gasteiger partial charge in [-0.05, 0) is 63.2 Å². The Morgan fingerprint density at radius 2 is 2.00 bits per heavy atom. The first-order chi connectivity index (χ1) is 17.3. The van der Waals surface area contributed by atoms with E-state index in [9.17, 15) is 4.79 Å². The van der Waals surface area contributed by atoms with Crippen molar-refractivity contribution in [1.29, 1.82) is 0 Å². The van der Waals surface area contributed by atoms with Gasteiger partial charge in [0.1, 0.15) is 16.8 Å². The highest BCUT2D eigenvalue weighted by Crippen LogP contribution is 2.63. The van der Waals surface area contributed by atoms with Crippen LogP contribution in [-0.4, -0.2) is 83.3 Å². The number of rotatable bonds is 10. The van der Waals surface area contributed by atoms with Crippen LogP contribution in [-0.2, 0) is 6.54 Å². The molecule has 0 atom stereocenters. The fraction of sp³-hybridized carbons (Fsp3) is 0.538. The number of nitrogens with two attached hydrogens (primary N) is 1. The molecular formula is C26H36N8O2. The minimum Gasteiger partial charge on any atom is -0.496 e. The molecule has 3 aromatic rings. The summed E-state index contributed by atoms with van der Waals surface area (Å²) in [5, 5.41) is 8.09. The van der Waals surface area contributed by atoms with Gasteiger partial charge in [-0.3, -0.25) is 9.48 Å². The van der Waals surface area contributed by atoms with Crippen LogP contribution in [0.3, 0.4) is 0 Å². The van der Waals surface area contributed by atoms with E-state index in [2.05, 4.69) is 25.3 Å². The van der Waals surface area contributed by atoms with Gasteiger partial charge in [0.05, 0.1) is 19.9 Å². The molecule has 10 heteroatoms. The van der Waals surface area contributed by atoms with Gasteiger partial charge in [-0.15, -0.1) is 0 Å². The van der Waals surface area contributed by atoms with Crippen LogP contribution in [0.5, 0.6) is 5.75 Å². The maximum absolute atomic E-state index is 12.9. The lowest BCUT2D eigenvalue weighted by atomic mass is 9.72. The van der Waals surface area contributed by atoms with Gasteiger partial charge in [0, 0.05) is 37.8 Å². The summed E-state index contributed by atoms with van der Waals surface area (Å²) < 4.78 is 7.53. The Bertz CT molecular complexity index is 1260. The molecule has 2 fully saturated rings. The highest BCUT2D eigenvalue weighted by atomic mass is 16.5. The fourth-order valence-corrected chi connectivity index (χ4v) is 5.24. The quantitative estimate of drug-likeness (QED) is 0.444. The first kappa shape index (κ1) is 24.3. The van der Waals surface area contributed by atoms with Gasteiger partial charge in [-0.25, -0.2) is 4.98 Å². The highest BCUT2D eigenvalue weighted by Gasteiger charge is 2.52. The van der Waals surface area contributed by atoms with Crippen molar-refractivity contribution in [1.82, 2.24) is 29.5 Å². The molecule has 3 N–H and O–H groups in total. The average Bonchev–Trinajstić information content (AvgIpc) is 3.54. The summed E-state index contributed by atoms with van der Waals surface area (Å²) in [7, 11) is 7.42. The van der Waals surface area contributed by atoms with E-state index in [0.29, 0.717) is 47.1 Å². The lowest BCUT2D eigenvalue weighted by Crippen LogP contribution is -2.33. The van der Waals surface area contributed by atoms with Crippen LogP contribution in [0, 0.1) is 11.3 Å². The third kappa shape index (κ3) is 4.95. The molecule has 2 aromatic heterocycles. The van der Waals surface area contributed by atoms with E-state index >= 15 is 0 Å². The largest absolute Gasteiger partial charge is 0.496 e. The van der Waals surface area contributed by atoms with Crippen LogP contribution in [0.2, 0.25) is 0 Å². The molecular weight excluding hydrogens is 456 g/mol. The van der Waals surface area contributed by atoms with Crippen molar-refractivity contribution in [3.8, 4) is 5.75 Å². The monoisotopic (exact) mass is 492 g/mol. The Morgan fingerprint density at radius 1 is 1.22 bits per heavy atom. The van der Waals surface area contributed by atoms with Crippen molar-refractivity contribution in [2.75, 3.05) is 58.9 Å². The molecule has 2 saturated carbocycles. The normalized spacial score (nSPS) is 16.4. The van der Waals surface area contributed by atoms with Gasteiger partial charge in [-0.1, -0.05) is 6.07 Å². The number of ether oxygens (including phenoxy) is 1. The summed E-state index contributed by atoms with van der Waals surface area (Å²) in [5.41, 5.74) is 9.67. The number of hydrogen-bond acceptors (Lipinski definition) is 8. The predicted octanol–water partition coefficient (Wildman–Crippen LogP) is 2.70. The number of nitrogen functional groups attached to an aromatic ring is 1. The van der Waals surface area contributed by atoms with E-state index in [1.54, 1.807) is 24.3 Å². The molecule has 2 aliphatic rings. The molecule has 36 heavy (non-hydrogen) atoms. The lowest BCUT2D eigenvalue weighted by molar-refractivity contribution is 0.0786. The molecule has 1 amide bonds. The van der Waals surface area contributed by atoms with Crippen molar-refractivity contribution in [2.45, 2.75) is 32.2 Å². The fourth-order valence-electron chi connectivity index (χ4n) is 5.24. The van der Waals surface area contributed by atoms with E-state index in [-0.39, 0.29) is 11.9 Å². The zero-order chi connectivity index (χ0) is 25.4. The number of aromatic nitrogens is 4. The molecule has 0 bridgehead atoms. The number of benzene rings is 1. The Kier molecular flexibility index (Phi) is 6.46. The molecule has 192 valence electrons. The Labute approximate surface area is 211 Å². The maximum atomic E-state index is 12.9. The zero-order valence-corrected chi connectivity index (χ0v) is 21.6. The second kappa shape index (κ2) is 9.57. The van der Waals surface area contributed by atoms with Crippen LogP contribution in [0.4, 0.5) is 11.8 Å². The first-order valence-corrected chi connectivity index (χ1v) is 12.6. The minimum absolute atomic E-state index is 0.0365. The number of amides is 1. The second-order valence-electron chi connectivity index (χ2n) is 10.7. The predicted molar refractivity (Wildman–Crippen MR) is 140 cm³/mol. The van der Waals surface area contributed by atoms with E-state index in [0.717, 1.165) is 24.2 Å². The van der Waals surface area contributed by atoms with E-state index in [1.807, 2.05) is 38.0 Å². The molecule has 1 spiro atoms. The summed E-state index contributed by atoms with van der Waals surface area (Å²) >= 11 is 0. The third-order valence-corrected chi connectivity index (χ3v) is 7.55. The first-order valence-electron chi connectivity index (χ1n) is 12.6. The van der Waals surface area contributed by atoms with E-state index in [1.165, 1.54) is 25.7 Å². The van der Waals surface area contributed by atoms with Crippen LogP contribution in [0.1, 0.15) is 41.6 Å². The maximum Gasteiger partial charge on any atom is 0.253 e. The Morgan fingerprint density at radius 3 is 2.69 bits per heavy atom. The van der Waals surface area contributed by atoms with Crippen LogP contribution in [0.25, 0.3) is 11.0 Å². The smallest absolute Gasteiger partial charge is 0.253 e. The van der Waals surface area contributed by atoms with Crippen LogP contribution >= 0.6 is 0 Å². The standard InChI is InChI=1S/C26H36N8O2/c1-32(2)9-10-33(3)24(35)18-5-6-19(21(11-18)36-4)16-34-22-20(15-29-34)30-25(27)31-23(22)28-14-17-12-26(13-17)7-8-26/h5-6,11,15,17H,7-10,12-14,16H2,1-4H3,(H3,27,28,30,31). The molecule has 0 aliphatic heterocycles. The average molecular weight is 493 g/mol. The summed E-state index contributed by atoms with van der Waals surface area (Å²) in [6.07, 6.45) is 7.09. The Hall–Kier alpha value is -3.40. The van der Waals surface area contributed by atoms with Gasteiger partial charge in [0.25, 0.3) is 5.91 Å². The van der Waals surface area contributed by atoms with E-state index < -0.39 is 0 Å². The van der Waals surface area contributed by atoms with E-state index in [4.69, 9.17) is 10.5 Å². The highest BCUT2D eigenvalue weighted by molar-refractivity contribution is 5.94. The molecule has 0 unspecified atom stereocenters. The zero-order valence-electron chi connectivity index (χ0n) is 21.6. The third-order valence-electron chi connectivity index (χ3n) is 7.55. The van der Waals surface area contributed by atoms with Gasteiger partial charge in [-0.2, -0.15) is 10.1 Å². The SMILES string of the molecule is COc1cc(C(=O)N(C)CCN(C)C)ccc1Cn1ncc2nc(N)nc(NCC3CC4(CC4)C3)c21. The molecule has 10 nitrogen and oxygen atoms in total. The molecule has 2 heterocycles. The van der Waals surface area contributed by atoms with Gasteiger partial charge < -0.3 is 25.6 Å². The van der Waals surface area contributed by atoms with Crippen molar-refractivity contribution in [3.05, 3.63) is 35.5 Å². The van der Waals surface area contributed by atoms with Gasteiger partial charge >= 0.3 is 0 Å². The number of fused-ring (bicyclic) bond motifs is 1. The summed E-state index contributed by atoms with van der Waals surface area (Å²) in [6, 6.07) is 5.57. The number of carbonyl (C=O) groups is 1. The topological polar surface area (TPSA) is 114 Å². The number of hydrogen-bond donors (Lipinski definition) is 2. The van der Waals surface area contributed by atoms with Crippen LogP contribution < -0.4 is 15.8 Å². The molecule has 0 radical (unpaired) electrons. The lowest BCUT2D eigenvalue weighted by Gasteiger charge is -2.36. The molecule has 5 rings (SSSR count). The number of likely N-dealkylation sites (N-methyl/N-ethyl adjacent to an activating group) is 2. The van der Waals surface area contributed by atoms with Gasteiger partial charge in [0.15, 0.2) is 5.82 Å². The van der Waals surface area contributed by atoms with Crippen molar-refractivity contribution in [3.63, 3.8) is 0 Å². The minimum atomic E-state index is -0.0365. The number of methoxy groups -OCH3 is 1. The number of nitrogens with one attached hydrogen (secondary N) is 1.